The zero-order valence-electron chi connectivity index (χ0n) is 4.50. The lowest BCUT2D eigenvalue weighted by molar-refractivity contribution is -0.136. The first-order valence-electron chi connectivity index (χ1n) is 1.98. The third-order valence-electron chi connectivity index (χ3n) is 0.302. The molecule has 8 heavy (non-hydrogen) atoms. The monoisotopic (exact) mass is 120 g/mol. The van der Waals surface area contributed by atoms with Crippen molar-refractivity contribution in [3.63, 3.8) is 0 Å². The van der Waals surface area contributed by atoms with E-state index in [0.717, 1.165) is 0 Å². The summed E-state index contributed by atoms with van der Waals surface area (Å²) >= 11 is 0. The molecule has 0 rings (SSSR count). The van der Waals surface area contributed by atoms with E-state index < -0.39 is 5.97 Å². The molecule has 0 fully saturated rings. The number of carboxylic acid groups (broad SMARTS) is 2. The minimum Gasteiger partial charge on any atom is -0.483 e. The molecule has 0 bridgehead atoms. The maximum atomic E-state index is 9.37. The summed E-state index contributed by atoms with van der Waals surface area (Å²) in [6.07, 6.45) is 0.222. The van der Waals surface area contributed by atoms with Crippen LogP contribution in [0.25, 0.3) is 0 Å². The van der Waals surface area contributed by atoms with E-state index in [2.05, 4.69) is 0 Å². The van der Waals surface area contributed by atoms with Gasteiger partial charge in [-0.15, -0.1) is 0 Å². The fourth-order valence-corrected chi connectivity index (χ4v) is 0. The van der Waals surface area contributed by atoms with Crippen molar-refractivity contribution in [2.75, 3.05) is 0 Å². The van der Waals surface area contributed by atoms with Crippen LogP contribution in [0.3, 0.4) is 0 Å². The van der Waals surface area contributed by atoms with Crippen molar-refractivity contribution >= 4 is 12.4 Å². The first-order valence-corrected chi connectivity index (χ1v) is 1.98. The molecule has 0 aromatic heterocycles. The van der Waals surface area contributed by atoms with E-state index >= 15 is 0 Å². The molecule has 0 atom stereocenters. The molecule has 0 radical (unpaired) electrons. The van der Waals surface area contributed by atoms with Crippen LogP contribution < -0.4 is 0 Å². The summed E-state index contributed by atoms with van der Waals surface area (Å²) in [6, 6.07) is 0. The van der Waals surface area contributed by atoms with E-state index in [9.17, 15) is 4.79 Å². The van der Waals surface area contributed by atoms with Gasteiger partial charge in [-0.2, -0.15) is 0 Å². The minimum absolute atomic E-state index is 0.222. The topological polar surface area (TPSA) is 74.6 Å². The molecule has 4 nitrogen and oxygen atoms in total. The zero-order chi connectivity index (χ0) is 6.99. The van der Waals surface area contributed by atoms with Gasteiger partial charge in [-0.1, -0.05) is 6.92 Å². The van der Waals surface area contributed by atoms with Crippen LogP contribution in [0.4, 0.5) is 0 Å². The van der Waals surface area contributed by atoms with E-state index in [0.29, 0.717) is 0 Å². The molecule has 48 valence electrons. The summed E-state index contributed by atoms with van der Waals surface area (Å²) in [5.41, 5.74) is 0. The molecule has 0 spiro atoms. The quantitative estimate of drug-likeness (QED) is 0.484. The van der Waals surface area contributed by atoms with Gasteiger partial charge in [0.1, 0.15) is 0 Å². The van der Waals surface area contributed by atoms with Crippen LogP contribution in [0.5, 0.6) is 0 Å². The second kappa shape index (κ2) is 9.34. The summed E-state index contributed by atoms with van der Waals surface area (Å²) in [7, 11) is 0. The Balaban J connectivity index is 0. The van der Waals surface area contributed by atoms with Gasteiger partial charge in [0, 0.05) is 6.42 Å². The normalized spacial score (nSPS) is 6.12. The van der Waals surface area contributed by atoms with Gasteiger partial charge in [-0.25, -0.2) is 0 Å². The zero-order valence-corrected chi connectivity index (χ0v) is 4.50. The Labute approximate surface area is 46.8 Å². The van der Waals surface area contributed by atoms with E-state index in [1.165, 1.54) is 0 Å². The predicted molar refractivity (Wildman–Crippen MR) is 26.6 cm³/mol. The van der Waals surface area contributed by atoms with Crippen molar-refractivity contribution in [2.24, 2.45) is 0 Å². The van der Waals surface area contributed by atoms with Gasteiger partial charge in [0.15, 0.2) is 0 Å². The Morgan fingerprint density at radius 2 is 1.88 bits per heavy atom. The average molecular weight is 120 g/mol. The average Bonchev–Trinajstić information content (AvgIpc) is 1.69. The number of carboxylic acids is 1. The van der Waals surface area contributed by atoms with Crippen molar-refractivity contribution in [3.05, 3.63) is 0 Å². The van der Waals surface area contributed by atoms with Crippen LogP contribution in [0.2, 0.25) is 0 Å². The van der Waals surface area contributed by atoms with Gasteiger partial charge in [0.2, 0.25) is 0 Å². The minimum atomic E-state index is -0.745. The lowest BCUT2D eigenvalue weighted by atomic mass is 10.5. The van der Waals surface area contributed by atoms with Crippen LogP contribution in [-0.4, -0.2) is 22.7 Å². The van der Waals surface area contributed by atoms with Crippen LogP contribution in [0.15, 0.2) is 0 Å². The lowest BCUT2D eigenvalue weighted by Gasteiger charge is -1.71. The standard InChI is InChI=1S/C3H6O2.CH2O2/c1-2-3(4)5;2-1-3/h2H2,1H3,(H,4,5);1H,(H,2,3). The smallest absolute Gasteiger partial charge is 0.303 e. The Morgan fingerprint density at radius 1 is 1.75 bits per heavy atom. The molecule has 0 heterocycles. The third-order valence-corrected chi connectivity index (χ3v) is 0.302. The summed E-state index contributed by atoms with van der Waals surface area (Å²) in [4.78, 5) is 17.7. The molecule has 0 aliphatic heterocycles. The molecule has 0 aromatic rings. The van der Waals surface area contributed by atoms with Gasteiger partial charge in [0.05, 0.1) is 0 Å². The van der Waals surface area contributed by atoms with Crippen LogP contribution in [0.1, 0.15) is 13.3 Å². The van der Waals surface area contributed by atoms with Gasteiger partial charge < -0.3 is 10.2 Å². The van der Waals surface area contributed by atoms with Crippen molar-refractivity contribution in [3.8, 4) is 0 Å². The van der Waals surface area contributed by atoms with Crippen LogP contribution >= 0.6 is 0 Å². The van der Waals surface area contributed by atoms with Gasteiger partial charge in [0.25, 0.3) is 6.47 Å². The third kappa shape index (κ3) is 86.8. The molecule has 4 heteroatoms. The highest BCUT2D eigenvalue weighted by Crippen LogP contribution is 1.67. The summed E-state index contributed by atoms with van der Waals surface area (Å²) in [6.45, 7) is 1.35. The van der Waals surface area contributed by atoms with Crippen LogP contribution in [0, 0.1) is 0 Å². The Morgan fingerprint density at radius 3 is 1.88 bits per heavy atom. The molecule has 0 aliphatic carbocycles. The highest BCUT2D eigenvalue weighted by molar-refractivity contribution is 5.66. The molecule has 0 saturated heterocycles. The van der Waals surface area contributed by atoms with Gasteiger partial charge in [-0.05, 0) is 0 Å². The van der Waals surface area contributed by atoms with Crippen molar-refractivity contribution in [1.82, 2.24) is 0 Å². The molecular formula is C4H8O4. The highest BCUT2D eigenvalue weighted by Gasteiger charge is 1.80. The van der Waals surface area contributed by atoms with Gasteiger partial charge in [-0.3, -0.25) is 9.59 Å². The number of aliphatic carboxylic acids is 1. The van der Waals surface area contributed by atoms with Crippen LogP contribution in [-0.2, 0) is 9.59 Å². The van der Waals surface area contributed by atoms with Crippen molar-refractivity contribution in [2.45, 2.75) is 13.3 Å². The number of carbonyl (C=O) groups is 2. The number of hydrogen-bond acceptors (Lipinski definition) is 2. The number of hydrogen-bond donors (Lipinski definition) is 2. The maximum absolute atomic E-state index is 9.37. The molecular weight excluding hydrogens is 112 g/mol. The molecule has 0 amide bonds. The van der Waals surface area contributed by atoms with Gasteiger partial charge >= 0.3 is 5.97 Å². The van der Waals surface area contributed by atoms with Crippen molar-refractivity contribution < 1.29 is 19.8 Å². The highest BCUT2D eigenvalue weighted by atomic mass is 16.4. The molecule has 0 aliphatic rings. The summed E-state index contributed by atoms with van der Waals surface area (Å²) in [5, 5.41) is 14.6. The van der Waals surface area contributed by atoms with E-state index in [1.807, 2.05) is 0 Å². The first kappa shape index (κ1) is 10.0. The van der Waals surface area contributed by atoms with E-state index in [4.69, 9.17) is 15.0 Å². The summed E-state index contributed by atoms with van der Waals surface area (Å²) < 4.78 is 0. The predicted octanol–water partition coefficient (Wildman–Crippen LogP) is 0.182. The lowest BCUT2D eigenvalue weighted by Crippen LogP contribution is -1.86. The Hall–Kier alpha value is -1.06. The SMILES string of the molecule is CCC(=O)O.O=CO. The fourth-order valence-electron chi connectivity index (χ4n) is 0. The molecule has 2 N–H and O–H groups in total. The maximum Gasteiger partial charge on any atom is 0.303 e. The van der Waals surface area contributed by atoms with E-state index in [1.54, 1.807) is 6.92 Å². The molecule has 0 saturated carbocycles. The largest absolute Gasteiger partial charge is 0.483 e. The fraction of sp³-hybridized carbons (Fsp3) is 0.500. The second-order valence-electron chi connectivity index (χ2n) is 0.853. The molecule has 0 unspecified atom stereocenters. The first-order chi connectivity index (χ1) is 3.68. The Bertz CT molecular complexity index is 68.4. The number of rotatable bonds is 1. The van der Waals surface area contributed by atoms with Crippen molar-refractivity contribution in [1.29, 1.82) is 0 Å². The molecule has 0 aromatic carbocycles. The van der Waals surface area contributed by atoms with E-state index in [-0.39, 0.29) is 12.9 Å². The summed E-state index contributed by atoms with van der Waals surface area (Å²) in [5.74, 6) is -0.745. The second-order valence-corrected chi connectivity index (χ2v) is 0.853. The Kier molecular flexibility index (Phi) is 11.7.